The molecule has 0 saturated heterocycles. The highest BCUT2D eigenvalue weighted by Gasteiger charge is 2.09. The van der Waals surface area contributed by atoms with Crippen LogP contribution in [0.2, 0.25) is 0 Å². The third kappa shape index (κ3) is 4.69. The number of amides is 2. The second-order valence-corrected chi connectivity index (χ2v) is 4.31. The van der Waals surface area contributed by atoms with E-state index in [2.05, 4.69) is 12.2 Å². The summed E-state index contributed by atoms with van der Waals surface area (Å²) in [6, 6.07) is 5.14. The Morgan fingerprint density at radius 3 is 2.26 bits per heavy atom. The number of benzene rings is 1. The molecule has 0 aromatic heterocycles. The smallest absolute Gasteiger partial charge is 0.321 e. The Kier molecular flexibility index (Phi) is 5.99. The number of carbonyl (C=O) groups excluding carboxylic acids is 1. The Bertz CT molecular complexity index is 399. The van der Waals surface area contributed by atoms with E-state index in [1.807, 2.05) is 0 Å². The van der Waals surface area contributed by atoms with Gasteiger partial charge >= 0.3 is 6.03 Å². The monoisotopic (exact) mass is 266 g/mol. The molecule has 0 bridgehead atoms. The first-order valence-electron chi connectivity index (χ1n) is 6.36. The van der Waals surface area contributed by atoms with Crippen molar-refractivity contribution in [1.82, 2.24) is 4.90 Å². The van der Waals surface area contributed by atoms with E-state index in [0.717, 1.165) is 19.4 Å². The molecule has 0 radical (unpaired) electrons. The van der Waals surface area contributed by atoms with Gasteiger partial charge in [0.1, 0.15) is 11.5 Å². The molecule has 0 atom stereocenters. The fraction of sp³-hybridized carbons (Fsp3) is 0.500. The van der Waals surface area contributed by atoms with Crippen molar-refractivity contribution < 1.29 is 14.3 Å². The zero-order valence-electron chi connectivity index (χ0n) is 12.0. The third-order valence-corrected chi connectivity index (χ3v) is 2.80. The summed E-state index contributed by atoms with van der Waals surface area (Å²) in [4.78, 5) is 13.6. The molecule has 5 heteroatoms. The van der Waals surface area contributed by atoms with Crippen LogP contribution >= 0.6 is 0 Å². The Morgan fingerprint density at radius 2 is 1.79 bits per heavy atom. The predicted octanol–water partition coefficient (Wildman–Crippen LogP) is 2.97. The van der Waals surface area contributed by atoms with E-state index in [-0.39, 0.29) is 6.03 Å². The van der Waals surface area contributed by atoms with Crippen LogP contribution < -0.4 is 14.8 Å². The highest BCUT2D eigenvalue weighted by atomic mass is 16.5. The third-order valence-electron chi connectivity index (χ3n) is 2.80. The van der Waals surface area contributed by atoms with E-state index in [9.17, 15) is 4.79 Å². The lowest BCUT2D eigenvalue weighted by Gasteiger charge is -2.18. The number of rotatable bonds is 6. The van der Waals surface area contributed by atoms with Crippen molar-refractivity contribution in [3.8, 4) is 11.5 Å². The molecule has 1 aromatic rings. The van der Waals surface area contributed by atoms with Crippen LogP contribution in [0.25, 0.3) is 0 Å². The molecule has 106 valence electrons. The minimum Gasteiger partial charge on any atom is -0.497 e. The van der Waals surface area contributed by atoms with E-state index < -0.39 is 0 Å². The Morgan fingerprint density at radius 1 is 1.21 bits per heavy atom. The molecule has 0 aliphatic carbocycles. The summed E-state index contributed by atoms with van der Waals surface area (Å²) < 4.78 is 10.3. The van der Waals surface area contributed by atoms with Crippen LogP contribution in [-0.2, 0) is 0 Å². The van der Waals surface area contributed by atoms with Gasteiger partial charge in [-0.15, -0.1) is 0 Å². The van der Waals surface area contributed by atoms with E-state index in [4.69, 9.17) is 9.47 Å². The Hall–Kier alpha value is -1.91. The van der Waals surface area contributed by atoms with Crippen molar-refractivity contribution in [2.24, 2.45) is 0 Å². The quantitative estimate of drug-likeness (QED) is 0.861. The SMILES string of the molecule is CCCCN(C)C(=O)Nc1cc(OC)cc(OC)c1. The van der Waals surface area contributed by atoms with Crippen LogP contribution in [0.15, 0.2) is 18.2 Å². The summed E-state index contributed by atoms with van der Waals surface area (Å²) in [5.74, 6) is 1.29. The number of hydrogen-bond acceptors (Lipinski definition) is 3. The van der Waals surface area contributed by atoms with E-state index in [1.54, 1.807) is 44.4 Å². The highest BCUT2D eigenvalue weighted by Crippen LogP contribution is 2.25. The Labute approximate surface area is 114 Å². The summed E-state index contributed by atoms with van der Waals surface area (Å²) in [5.41, 5.74) is 0.657. The first-order valence-corrected chi connectivity index (χ1v) is 6.36. The maximum atomic E-state index is 12.0. The molecule has 5 nitrogen and oxygen atoms in total. The van der Waals surface area contributed by atoms with Crippen LogP contribution in [0.1, 0.15) is 19.8 Å². The van der Waals surface area contributed by atoms with Gasteiger partial charge < -0.3 is 19.7 Å². The number of nitrogens with zero attached hydrogens (tertiary/aromatic N) is 1. The fourth-order valence-electron chi connectivity index (χ4n) is 1.60. The molecule has 0 saturated carbocycles. The molecule has 0 aliphatic heterocycles. The molecule has 1 aromatic carbocycles. The zero-order valence-corrected chi connectivity index (χ0v) is 12.0. The van der Waals surface area contributed by atoms with Gasteiger partial charge in [-0.05, 0) is 6.42 Å². The lowest BCUT2D eigenvalue weighted by molar-refractivity contribution is 0.222. The molecule has 2 amide bonds. The normalized spacial score (nSPS) is 9.89. The number of unbranched alkanes of at least 4 members (excludes halogenated alkanes) is 1. The first kappa shape index (κ1) is 15.1. The van der Waals surface area contributed by atoms with Crippen LogP contribution in [-0.4, -0.2) is 38.7 Å². The minimum absolute atomic E-state index is 0.135. The summed E-state index contributed by atoms with van der Waals surface area (Å²) in [6.07, 6.45) is 2.05. The molecular formula is C14H22N2O3. The van der Waals surface area contributed by atoms with Gasteiger partial charge in [0.25, 0.3) is 0 Å². The number of methoxy groups -OCH3 is 2. The lowest BCUT2D eigenvalue weighted by atomic mass is 10.2. The lowest BCUT2D eigenvalue weighted by Crippen LogP contribution is -2.32. The van der Waals surface area contributed by atoms with Crippen LogP contribution in [0, 0.1) is 0 Å². The van der Waals surface area contributed by atoms with Gasteiger partial charge in [-0.25, -0.2) is 4.79 Å². The Balaban J connectivity index is 2.72. The number of carbonyl (C=O) groups is 1. The number of hydrogen-bond donors (Lipinski definition) is 1. The van der Waals surface area contributed by atoms with Gasteiger partial charge in [0.2, 0.25) is 0 Å². The largest absolute Gasteiger partial charge is 0.497 e. The number of ether oxygens (including phenoxy) is 2. The molecule has 0 unspecified atom stereocenters. The summed E-state index contributed by atoms with van der Waals surface area (Å²) in [7, 11) is 4.93. The van der Waals surface area contributed by atoms with E-state index >= 15 is 0 Å². The molecule has 0 spiro atoms. The van der Waals surface area contributed by atoms with Crippen molar-refractivity contribution in [3.63, 3.8) is 0 Å². The minimum atomic E-state index is -0.135. The van der Waals surface area contributed by atoms with Crippen molar-refractivity contribution in [2.75, 3.05) is 33.1 Å². The molecular weight excluding hydrogens is 244 g/mol. The average molecular weight is 266 g/mol. The standard InChI is InChI=1S/C14H22N2O3/c1-5-6-7-16(2)14(17)15-11-8-12(18-3)10-13(9-11)19-4/h8-10H,5-7H2,1-4H3,(H,15,17). The van der Waals surface area contributed by atoms with Gasteiger partial charge in [0, 0.05) is 37.5 Å². The number of nitrogens with one attached hydrogen (secondary N) is 1. The maximum absolute atomic E-state index is 12.0. The van der Waals surface area contributed by atoms with Gasteiger partial charge in [-0.2, -0.15) is 0 Å². The second-order valence-electron chi connectivity index (χ2n) is 4.31. The number of urea groups is 1. The van der Waals surface area contributed by atoms with Crippen molar-refractivity contribution >= 4 is 11.7 Å². The number of anilines is 1. The summed E-state index contributed by atoms with van der Waals surface area (Å²) >= 11 is 0. The molecule has 19 heavy (non-hydrogen) atoms. The van der Waals surface area contributed by atoms with Gasteiger partial charge in [0.15, 0.2) is 0 Å². The molecule has 0 fully saturated rings. The molecule has 0 aliphatic rings. The molecule has 1 N–H and O–H groups in total. The van der Waals surface area contributed by atoms with Gasteiger partial charge in [-0.1, -0.05) is 13.3 Å². The topological polar surface area (TPSA) is 50.8 Å². The maximum Gasteiger partial charge on any atom is 0.321 e. The molecule has 1 rings (SSSR count). The molecule has 0 heterocycles. The highest BCUT2D eigenvalue weighted by molar-refractivity contribution is 5.89. The van der Waals surface area contributed by atoms with E-state index in [1.165, 1.54) is 0 Å². The van der Waals surface area contributed by atoms with Crippen molar-refractivity contribution in [3.05, 3.63) is 18.2 Å². The van der Waals surface area contributed by atoms with Gasteiger partial charge in [-0.3, -0.25) is 0 Å². The second kappa shape index (κ2) is 7.51. The zero-order chi connectivity index (χ0) is 14.3. The fourth-order valence-corrected chi connectivity index (χ4v) is 1.60. The van der Waals surface area contributed by atoms with Crippen molar-refractivity contribution in [2.45, 2.75) is 19.8 Å². The summed E-state index contributed by atoms with van der Waals surface area (Å²) in [5, 5.41) is 2.83. The summed E-state index contributed by atoms with van der Waals surface area (Å²) in [6.45, 7) is 2.84. The van der Waals surface area contributed by atoms with Crippen LogP contribution in [0.3, 0.4) is 0 Å². The average Bonchev–Trinajstić information content (AvgIpc) is 2.43. The predicted molar refractivity (Wildman–Crippen MR) is 76.1 cm³/mol. The van der Waals surface area contributed by atoms with Crippen molar-refractivity contribution in [1.29, 1.82) is 0 Å². The van der Waals surface area contributed by atoms with E-state index in [0.29, 0.717) is 17.2 Å². The van der Waals surface area contributed by atoms with Crippen LogP contribution in [0.4, 0.5) is 10.5 Å². The van der Waals surface area contributed by atoms with Crippen LogP contribution in [0.5, 0.6) is 11.5 Å². The van der Waals surface area contributed by atoms with Gasteiger partial charge in [0.05, 0.1) is 14.2 Å². The first-order chi connectivity index (χ1) is 9.10.